The maximum atomic E-state index is 14.2. The maximum absolute atomic E-state index is 14.2. The molecule has 2 aromatic rings. The third kappa shape index (κ3) is 3.14. The van der Waals surface area contributed by atoms with E-state index in [4.69, 9.17) is 0 Å². The van der Waals surface area contributed by atoms with Crippen LogP contribution in [0.15, 0.2) is 34.8 Å². The Labute approximate surface area is 130 Å². The Kier molecular flexibility index (Phi) is 5.06. The van der Waals surface area contributed by atoms with Crippen molar-refractivity contribution in [2.24, 2.45) is 0 Å². The summed E-state index contributed by atoms with van der Waals surface area (Å²) in [7, 11) is 0. The van der Waals surface area contributed by atoms with Crippen LogP contribution in [0.4, 0.5) is 13.2 Å². The van der Waals surface area contributed by atoms with Gasteiger partial charge in [0.1, 0.15) is 5.82 Å². The quantitative estimate of drug-likeness (QED) is 0.822. The van der Waals surface area contributed by atoms with Crippen LogP contribution in [0, 0.1) is 24.4 Å². The van der Waals surface area contributed by atoms with E-state index in [0.29, 0.717) is 11.0 Å². The fraction of sp³-hybridized carbons (Fsp3) is 0.250. The first kappa shape index (κ1) is 16.0. The van der Waals surface area contributed by atoms with Crippen molar-refractivity contribution in [3.63, 3.8) is 0 Å². The zero-order valence-corrected chi connectivity index (χ0v) is 13.3. The van der Waals surface area contributed by atoms with E-state index in [1.165, 1.54) is 25.1 Å². The van der Waals surface area contributed by atoms with Crippen molar-refractivity contribution in [3.05, 3.63) is 68.9 Å². The molecule has 1 N–H and O–H groups in total. The first-order chi connectivity index (χ1) is 9.97. The lowest BCUT2D eigenvalue weighted by Crippen LogP contribution is -2.25. The lowest BCUT2D eigenvalue weighted by atomic mass is 9.96. The molecule has 0 aliphatic carbocycles. The highest BCUT2D eigenvalue weighted by Gasteiger charge is 2.24. The highest BCUT2D eigenvalue weighted by Crippen LogP contribution is 2.33. The molecule has 21 heavy (non-hydrogen) atoms. The number of hydrogen-bond acceptors (Lipinski definition) is 1. The summed E-state index contributed by atoms with van der Waals surface area (Å²) in [4.78, 5) is 0. The molecule has 0 spiro atoms. The summed E-state index contributed by atoms with van der Waals surface area (Å²) in [6.07, 6.45) is 0. The van der Waals surface area contributed by atoms with Crippen LogP contribution in [0.25, 0.3) is 0 Å². The molecule has 5 heteroatoms. The highest BCUT2D eigenvalue weighted by molar-refractivity contribution is 9.10. The van der Waals surface area contributed by atoms with Gasteiger partial charge in [-0.05, 0) is 31.2 Å². The van der Waals surface area contributed by atoms with Crippen molar-refractivity contribution in [1.29, 1.82) is 0 Å². The molecule has 0 bridgehead atoms. The molecule has 0 aliphatic rings. The minimum Gasteiger partial charge on any atom is -0.306 e. The Hall–Kier alpha value is -1.33. The summed E-state index contributed by atoms with van der Waals surface area (Å²) in [5.41, 5.74) is 0.575. The van der Waals surface area contributed by atoms with Crippen molar-refractivity contribution >= 4 is 15.9 Å². The molecule has 0 aliphatic heterocycles. The van der Waals surface area contributed by atoms with E-state index in [2.05, 4.69) is 21.2 Å². The SMILES string of the molecule is CCNC(c1ccc(C)c(F)c1F)c1c(F)cccc1Br. The Morgan fingerprint density at radius 3 is 2.43 bits per heavy atom. The van der Waals surface area contributed by atoms with Gasteiger partial charge in [-0.15, -0.1) is 0 Å². The van der Waals surface area contributed by atoms with Crippen LogP contribution >= 0.6 is 15.9 Å². The van der Waals surface area contributed by atoms with Gasteiger partial charge >= 0.3 is 0 Å². The topological polar surface area (TPSA) is 12.0 Å². The van der Waals surface area contributed by atoms with Crippen LogP contribution < -0.4 is 5.32 Å². The summed E-state index contributed by atoms with van der Waals surface area (Å²) < 4.78 is 42.7. The molecule has 1 nitrogen and oxygen atoms in total. The number of hydrogen-bond donors (Lipinski definition) is 1. The lowest BCUT2D eigenvalue weighted by Gasteiger charge is -2.22. The van der Waals surface area contributed by atoms with E-state index in [0.717, 1.165) is 0 Å². The van der Waals surface area contributed by atoms with E-state index in [-0.39, 0.29) is 16.7 Å². The van der Waals surface area contributed by atoms with Crippen LogP contribution in [-0.4, -0.2) is 6.54 Å². The monoisotopic (exact) mass is 357 g/mol. The molecule has 0 aromatic heterocycles. The van der Waals surface area contributed by atoms with Crippen molar-refractivity contribution in [2.75, 3.05) is 6.54 Å². The zero-order chi connectivity index (χ0) is 15.6. The maximum Gasteiger partial charge on any atom is 0.164 e. The highest BCUT2D eigenvalue weighted by atomic mass is 79.9. The van der Waals surface area contributed by atoms with Crippen molar-refractivity contribution in [1.82, 2.24) is 5.32 Å². The van der Waals surface area contributed by atoms with Gasteiger partial charge in [0.05, 0.1) is 6.04 Å². The predicted octanol–water partition coefficient (Wildman–Crippen LogP) is 4.87. The number of nitrogens with one attached hydrogen (secondary N) is 1. The van der Waals surface area contributed by atoms with Crippen molar-refractivity contribution in [2.45, 2.75) is 19.9 Å². The number of halogens is 4. The molecule has 0 fully saturated rings. The van der Waals surface area contributed by atoms with Gasteiger partial charge < -0.3 is 5.32 Å². The summed E-state index contributed by atoms with van der Waals surface area (Å²) >= 11 is 3.28. The fourth-order valence-electron chi connectivity index (χ4n) is 2.24. The van der Waals surface area contributed by atoms with Gasteiger partial charge in [0.15, 0.2) is 11.6 Å². The second-order valence-electron chi connectivity index (χ2n) is 4.73. The number of aryl methyl sites for hydroxylation is 1. The molecule has 2 rings (SSSR count). The van der Waals surface area contributed by atoms with Gasteiger partial charge in [-0.3, -0.25) is 0 Å². The Morgan fingerprint density at radius 2 is 1.81 bits per heavy atom. The molecule has 0 saturated heterocycles. The fourth-order valence-corrected chi connectivity index (χ4v) is 2.81. The van der Waals surface area contributed by atoms with Crippen LogP contribution in [0.1, 0.15) is 29.7 Å². The summed E-state index contributed by atoms with van der Waals surface area (Å²) in [6, 6.07) is 6.74. The van der Waals surface area contributed by atoms with Crippen LogP contribution in [0.2, 0.25) is 0 Å². The molecule has 0 amide bonds. The van der Waals surface area contributed by atoms with Gasteiger partial charge in [-0.1, -0.05) is 41.1 Å². The van der Waals surface area contributed by atoms with E-state index in [1.54, 1.807) is 12.1 Å². The molecule has 1 unspecified atom stereocenters. The molecule has 112 valence electrons. The van der Waals surface area contributed by atoms with Crippen LogP contribution in [0.3, 0.4) is 0 Å². The summed E-state index contributed by atoms with van der Waals surface area (Å²) in [5.74, 6) is -2.32. The van der Waals surface area contributed by atoms with Gasteiger partial charge in [0, 0.05) is 15.6 Å². The van der Waals surface area contributed by atoms with Gasteiger partial charge in [0.25, 0.3) is 0 Å². The molecule has 2 aromatic carbocycles. The van der Waals surface area contributed by atoms with Gasteiger partial charge in [0.2, 0.25) is 0 Å². The molecule has 0 heterocycles. The zero-order valence-electron chi connectivity index (χ0n) is 11.7. The van der Waals surface area contributed by atoms with Gasteiger partial charge in [-0.25, -0.2) is 13.2 Å². The summed E-state index contributed by atoms with van der Waals surface area (Å²) in [5, 5.41) is 3.01. The van der Waals surface area contributed by atoms with E-state index >= 15 is 0 Å². The molecule has 1 atom stereocenters. The van der Waals surface area contributed by atoms with E-state index < -0.39 is 23.5 Å². The molecule has 0 saturated carbocycles. The molecule has 0 radical (unpaired) electrons. The van der Waals surface area contributed by atoms with Crippen LogP contribution in [-0.2, 0) is 0 Å². The summed E-state index contributed by atoms with van der Waals surface area (Å²) in [6.45, 7) is 3.80. The van der Waals surface area contributed by atoms with E-state index in [9.17, 15) is 13.2 Å². The van der Waals surface area contributed by atoms with E-state index in [1.807, 2.05) is 6.92 Å². The Balaban J connectivity index is 2.62. The Bertz CT molecular complexity index is 638. The van der Waals surface area contributed by atoms with Gasteiger partial charge in [-0.2, -0.15) is 0 Å². The standard InChI is InChI=1S/C16H15BrF3N/c1-3-21-16(13-11(17)5-4-6-12(13)18)10-8-7-9(2)14(19)15(10)20/h4-8,16,21H,3H2,1-2H3. The number of benzene rings is 2. The van der Waals surface area contributed by atoms with Crippen LogP contribution in [0.5, 0.6) is 0 Å². The smallest absolute Gasteiger partial charge is 0.164 e. The minimum absolute atomic E-state index is 0.0887. The largest absolute Gasteiger partial charge is 0.306 e. The molecular formula is C16H15BrF3N. The third-order valence-corrected chi connectivity index (χ3v) is 4.00. The minimum atomic E-state index is -0.948. The Morgan fingerprint density at radius 1 is 1.10 bits per heavy atom. The average molecular weight is 358 g/mol. The predicted molar refractivity (Wildman–Crippen MR) is 80.7 cm³/mol. The number of rotatable bonds is 4. The second kappa shape index (κ2) is 6.62. The third-order valence-electron chi connectivity index (χ3n) is 3.31. The first-order valence-corrected chi connectivity index (χ1v) is 7.38. The molecular weight excluding hydrogens is 343 g/mol. The lowest BCUT2D eigenvalue weighted by molar-refractivity contribution is 0.473. The second-order valence-corrected chi connectivity index (χ2v) is 5.58. The van der Waals surface area contributed by atoms with Crippen molar-refractivity contribution in [3.8, 4) is 0 Å². The first-order valence-electron chi connectivity index (χ1n) is 6.59. The normalized spacial score (nSPS) is 12.5. The average Bonchev–Trinajstić information content (AvgIpc) is 2.44. The van der Waals surface area contributed by atoms with Crippen molar-refractivity contribution < 1.29 is 13.2 Å².